The number of aromatic nitrogens is 1. The number of anilines is 1. The molecule has 0 bridgehead atoms. The number of pyridine rings is 1. The molecule has 7 nitrogen and oxygen atoms in total. The Kier molecular flexibility index (Phi) is 9.16. The highest BCUT2D eigenvalue weighted by molar-refractivity contribution is 8.00. The Hall–Kier alpha value is -2.55. The number of benzene rings is 1. The predicted octanol–water partition coefficient (Wildman–Crippen LogP) is 6.03. The van der Waals surface area contributed by atoms with Crippen molar-refractivity contribution in [3.63, 3.8) is 0 Å². The summed E-state index contributed by atoms with van der Waals surface area (Å²) in [5.41, 5.74) is 0.00342. The number of piperazine rings is 1. The van der Waals surface area contributed by atoms with Crippen LogP contribution in [0.5, 0.6) is 0 Å². The summed E-state index contributed by atoms with van der Waals surface area (Å²) in [6.45, 7) is 6.26. The lowest BCUT2D eigenvalue weighted by atomic mass is 10.1. The quantitative estimate of drug-likeness (QED) is 0.337. The first-order valence-electron chi connectivity index (χ1n) is 13.7. The average Bonchev–Trinajstić information content (AvgIpc) is 2.87. The molecule has 1 unspecified atom stereocenters. The average molecular weight is 532 g/mol. The van der Waals surface area contributed by atoms with Crippen molar-refractivity contribution < 1.29 is 19.1 Å². The Morgan fingerprint density at radius 2 is 1.62 bits per heavy atom. The zero-order valence-electron chi connectivity index (χ0n) is 21.9. The summed E-state index contributed by atoms with van der Waals surface area (Å²) < 4.78 is 17.0. The minimum atomic E-state index is -1.29. The molecule has 1 saturated heterocycles. The molecule has 0 spiro atoms. The van der Waals surface area contributed by atoms with Gasteiger partial charge in [-0.2, -0.15) is 0 Å². The number of unbranched alkanes of at least 4 members (excludes halogenated alkanes) is 8. The van der Waals surface area contributed by atoms with Crippen LogP contribution in [0.2, 0.25) is 0 Å². The lowest BCUT2D eigenvalue weighted by Crippen LogP contribution is -2.49. The summed E-state index contributed by atoms with van der Waals surface area (Å²) in [4.78, 5) is 40.9. The summed E-state index contributed by atoms with van der Waals surface area (Å²) >= 11 is 1.33. The van der Waals surface area contributed by atoms with E-state index in [9.17, 15) is 19.5 Å². The molecule has 0 saturated carbocycles. The van der Waals surface area contributed by atoms with Crippen molar-refractivity contribution in [2.45, 2.75) is 88.5 Å². The third kappa shape index (κ3) is 5.97. The van der Waals surface area contributed by atoms with Gasteiger partial charge in [-0.25, -0.2) is 9.18 Å². The monoisotopic (exact) mass is 531 g/mol. The van der Waals surface area contributed by atoms with Gasteiger partial charge in [-0.1, -0.05) is 70.1 Å². The number of amides is 1. The van der Waals surface area contributed by atoms with E-state index in [2.05, 4.69) is 6.92 Å². The number of carboxylic acids is 1. The molecule has 0 radical (unpaired) electrons. The summed E-state index contributed by atoms with van der Waals surface area (Å²) in [6, 6.07) is 2.83. The fraction of sp³-hybridized carbons (Fsp3) is 0.607. The fourth-order valence-corrected chi connectivity index (χ4v) is 6.56. The van der Waals surface area contributed by atoms with E-state index in [0.29, 0.717) is 48.8 Å². The minimum absolute atomic E-state index is 0.0370. The van der Waals surface area contributed by atoms with Crippen LogP contribution >= 0.6 is 11.8 Å². The third-order valence-electron chi connectivity index (χ3n) is 7.56. The van der Waals surface area contributed by atoms with Crippen LogP contribution < -0.4 is 10.3 Å². The van der Waals surface area contributed by atoms with Crippen molar-refractivity contribution in [1.29, 1.82) is 0 Å². The first-order chi connectivity index (χ1) is 17.8. The molecule has 2 aliphatic rings. The van der Waals surface area contributed by atoms with E-state index >= 15 is 4.39 Å². The molecule has 1 fully saturated rings. The molecule has 1 atom stereocenters. The van der Waals surface area contributed by atoms with Gasteiger partial charge in [0.15, 0.2) is 0 Å². The van der Waals surface area contributed by atoms with Crippen LogP contribution in [0.1, 0.15) is 93.8 Å². The van der Waals surface area contributed by atoms with Crippen molar-refractivity contribution in [3.8, 4) is 0 Å². The summed E-state index contributed by atoms with van der Waals surface area (Å²) in [5.74, 6) is -1.67. The molecule has 3 heterocycles. The van der Waals surface area contributed by atoms with Gasteiger partial charge in [-0.05, 0) is 25.5 Å². The number of halogens is 1. The van der Waals surface area contributed by atoms with E-state index in [4.69, 9.17) is 0 Å². The van der Waals surface area contributed by atoms with E-state index in [-0.39, 0.29) is 22.2 Å². The molecule has 1 amide bonds. The second-order valence-corrected chi connectivity index (χ2v) is 11.5. The van der Waals surface area contributed by atoms with Crippen molar-refractivity contribution >= 4 is 40.2 Å². The molecule has 1 aromatic carbocycles. The molecule has 2 aromatic rings. The van der Waals surface area contributed by atoms with Crippen LogP contribution in [0.3, 0.4) is 0 Å². The SMILES string of the molecule is CCCCCCCCCCCC(=O)N1CCN(c2cc3c(cc2F)c(=O)c(C(=O)O)c2n3C(C)S2)CC1. The number of fused-ring (bicyclic) bond motifs is 3. The van der Waals surface area contributed by atoms with Crippen LogP contribution in [0.25, 0.3) is 10.9 Å². The van der Waals surface area contributed by atoms with E-state index in [1.807, 2.05) is 16.7 Å². The zero-order chi connectivity index (χ0) is 26.5. The molecular formula is C28H38FN3O4S. The maximum absolute atomic E-state index is 15.2. The number of hydrogen-bond donors (Lipinski definition) is 1. The standard InChI is InChI=1S/C28H38FN3O4S/c1-3-4-5-6-7-8-9-10-11-12-24(33)31-15-13-30(14-16-31)23-18-22-20(17-21(23)29)26(34)25(28(35)36)27-32(22)19(2)37-27/h17-19H,3-16H2,1-2H3,(H,35,36). The first-order valence-corrected chi connectivity index (χ1v) is 14.6. The largest absolute Gasteiger partial charge is 0.477 e. The van der Waals surface area contributed by atoms with Crippen LogP contribution in [0.4, 0.5) is 10.1 Å². The summed E-state index contributed by atoms with van der Waals surface area (Å²) in [5, 5.41) is 9.98. The molecule has 1 aromatic heterocycles. The lowest BCUT2D eigenvalue weighted by molar-refractivity contribution is -0.131. The molecule has 0 aliphatic carbocycles. The van der Waals surface area contributed by atoms with E-state index < -0.39 is 17.2 Å². The number of carbonyl (C=O) groups is 2. The van der Waals surface area contributed by atoms with Gasteiger partial charge >= 0.3 is 5.97 Å². The number of rotatable bonds is 12. The third-order valence-corrected chi connectivity index (χ3v) is 8.73. The van der Waals surface area contributed by atoms with Gasteiger partial charge in [-0.3, -0.25) is 9.59 Å². The second kappa shape index (κ2) is 12.3. The van der Waals surface area contributed by atoms with Gasteiger partial charge in [0.05, 0.1) is 21.6 Å². The molecule has 202 valence electrons. The Morgan fingerprint density at radius 1 is 1.00 bits per heavy atom. The highest BCUT2D eigenvalue weighted by Gasteiger charge is 2.33. The number of carboxylic acid groups (broad SMARTS) is 1. The fourth-order valence-electron chi connectivity index (χ4n) is 5.41. The topological polar surface area (TPSA) is 82.8 Å². The molecule has 1 N–H and O–H groups in total. The van der Waals surface area contributed by atoms with E-state index in [0.717, 1.165) is 12.8 Å². The Balaban J connectivity index is 1.33. The zero-order valence-corrected chi connectivity index (χ0v) is 22.7. The number of nitrogens with zero attached hydrogens (tertiary/aromatic N) is 3. The Bertz CT molecular complexity index is 1210. The van der Waals surface area contributed by atoms with Gasteiger partial charge in [0.2, 0.25) is 11.3 Å². The molecule has 37 heavy (non-hydrogen) atoms. The van der Waals surface area contributed by atoms with Crippen LogP contribution in [-0.4, -0.2) is 52.6 Å². The maximum Gasteiger partial charge on any atom is 0.342 e. The Labute approximate surface area is 222 Å². The first kappa shape index (κ1) is 27.5. The van der Waals surface area contributed by atoms with Crippen LogP contribution in [0.15, 0.2) is 22.0 Å². The predicted molar refractivity (Wildman–Crippen MR) is 146 cm³/mol. The lowest BCUT2D eigenvalue weighted by Gasteiger charge is -2.37. The van der Waals surface area contributed by atoms with Gasteiger partial charge in [0.25, 0.3) is 0 Å². The molecule has 2 aliphatic heterocycles. The molecule has 9 heteroatoms. The summed E-state index contributed by atoms with van der Waals surface area (Å²) in [6.07, 6.45) is 11.5. The van der Waals surface area contributed by atoms with Crippen molar-refractivity contribution in [3.05, 3.63) is 33.7 Å². The van der Waals surface area contributed by atoms with Crippen LogP contribution in [0, 0.1) is 5.82 Å². The number of hydrogen-bond acceptors (Lipinski definition) is 5. The minimum Gasteiger partial charge on any atom is -0.477 e. The van der Waals surface area contributed by atoms with Crippen molar-refractivity contribution in [1.82, 2.24) is 9.47 Å². The number of thioether (sulfide) groups is 1. The number of aromatic carboxylic acids is 1. The second-order valence-electron chi connectivity index (χ2n) is 10.2. The maximum atomic E-state index is 15.2. The molecule has 4 rings (SSSR count). The van der Waals surface area contributed by atoms with Crippen molar-refractivity contribution in [2.75, 3.05) is 31.1 Å². The number of carbonyl (C=O) groups excluding carboxylic acids is 1. The highest BCUT2D eigenvalue weighted by atomic mass is 32.2. The smallest absolute Gasteiger partial charge is 0.342 e. The van der Waals surface area contributed by atoms with Gasteiger partial charge < -0.3 is 19.5 Å². The molecular weight excluding hydrogens is 493 g/mol. The van der Waals surface area contributed by atoms with Crippen LogP contribution in [-0.2, 0) is 4.79 Å². The van der Waals surface area contributed by atoms with Gasteiger partial charge in [0, 0.05) is 38.0 Å². The van der Waals surface area contributed by atoms with Gasteiger partial charge in [-0.15, -0.1) is 0 Å². The van der Waals surface area contributed by atoms with E-state index in [1.165, 1.54) is 62.8 Å². The normalized spacial score (nSPS) is 17.1. The summed E-state index contributed by atoms with van der Waals surface area (Å²) in [7, 11) is 0. The van der Waals surface area contributed by atoms with Gasteiger partial charge in [0.1, 0.15) is 11.4 Å². The van der Waals surface area contributed by atoms with E-state index in [1.54, 1.807) is 10.6 Å². The van der Waals surface area contributed by atoms with Crippen molar-refractivity contribution in [2.24, 2.45) is 0 Å². The highest BCUT2D eigenvalue weighted by Crippen LogP contribution is 2.46. The Morgan fingerprint density at radius 3 is 2.22 bits per heavy atom.